The summed E-state index contributed by atoms with van der Waals surface area (Å²) in [6, 6.07) is 4.87. The smallest absolute Gasteiger partial charge is 0.404 e. The van der Waals surface area contributed by atoms with E-state index in [1.807, 2.05) is 22.6 Å². The molecule has 0 fully saturated rings. The largest absolute Gasteiger partial charge is 0.573 e. The van der Waals surface area contributed by atoms with Crippen LogP contribution in [0, 0.1) is 3.57 Å². The van der Waals surface area contributed by atoms with Gasteiger partial charge in [0, 0.05) is 11.5 Å². The van der Waals surface area contributed by atoms with Crippen LogP contribution in [0.25, 0.3) is 0 Å². The Kier molecular flexibility index (Phi) is 4.23. The van der Waals surface area contributed by atoms with Crippen LogP contribution in [0.3, 0.4) is 0 Å². The van der Waals surface area contributed by atoms with Crippen molar-refractivity contribution in [2.24, 2.45) is 0 Å². The second-order valence-electron chi connectivity index (χ2n) is 3.23. The van der Waals surface area contributed by atoms with E-state index in [-0.39, 0.29) is 11.7 Å². The molecule has 1 atom stereocenters. The van der Waals surface area contributed by atoms with Crippen molar-refractivity contribution in [1.29, 1.82) is 0 Å². The predicted molar refractivity (Wildman–Crippen MR) is 64.5 cm³/mol. The zero-order chi connectivity index (χ0) is 12.3. The number of para-hydroxylation sites is 1. The molecule has 0 saturated heterocycles. The molecule has 5 heteroatoms. The minimum absolute atomic E-state index is 0.136. The van der Waals surface area contributed by atoms with Crippen LogP contribution in [-0.2, 0) is 0 Å². The molecule has 88 valence electrons. The Balaban J connectivity index is 3.18. The lowest BCUT2D eigenvalue weighted by Crippen LogP contribution is -2.19. The molecule has 0 spiro atoms. The molecular weight excluding hydrogens is 332 g/mol. The molecule has 0 aliphatic rings. The van der Waals surface area contributed by atoms with Gasteiger partial charge < -0.3 is 4.74 Å². The third-order valence-electron chi connectivity index (χ3n) is 2.06. The molecule has 0 aliphatic heterocycles. The number of benzene rings is 1. The Morgan fingerprint density at radius 1 is 1.44 bits per heavy atom. The lowest BCUT2D eigenvalue weighted by Gasteiger charge is -2.17. The third kappa shape index (κ3) is 3.40. The summed E-state index contributed by atoms with van der Waals surface area (Å²) >= 11 is 1.82. The Morgan fingerprint density at radius 3 is 2.56 bits per heavy atom. The summed E-state index contributed by atoms with van der Waals surface area (Å²) < 4.78 is 41.1. The molecule has 0 heterocycles. The van der Waals surface area contributed by atoms with Crippen molar-refractivity contribution in [2.75, 3.05) is 0 Å². The van der Waals surface area contributed by atoms with Crippen LogP contribution in [0.4, 0.5) is 13.2 Å². The summed E-state index contributed by atoms with van der Waals surface area (Å²) in [5.41, 5.74) is 0.485. The van der Waals surface area contributed by atoms with E-state index >= 15 is 0 Å². The second kappa shape index (κ2) is 5.07. The molecule has 0 saturated carbocycles. The molecular formula is C11H10F3IO. The third-order valence-corrected chi connectivity index (χ3v) is 2.91. The average Bonchev–Trinajstić information content (AvgIpc) is 2.18. The fraction of sp³-hybridized carbons (Fsp3) is 0.273. The van der Waals surface area contributed by atoms with Crippen molar-refractivity contribution < 1.29 is 17.9 Å². The molecule has 1 aromatic carbocycles. The van der Waals surface area contributed by atoms with Crippen LogP contribution in [-0.4, -0.2) is 6.36 Å². The number of hydrogen-bond acceptors (Lipinski definition) is 1. The lowest BCUT2D eigenvalue weighted by molar-refractivity contribution is -0.275. The maximum absolute atomic E-state index is 12.2. The van der Waals surface area contributed by atoms with Crippen molar-refractivity contribution in [3.05, 3.63) is 40.0 Å². The molecule has 1 nitrogen and oxygen atoms in total. The van der Waals surface area contributed by atoms with Crippen LogP contribution < -0.4 is 4.74 Å². The van der Waals surface area contributed by atoms with Crippen LogP contribution in [0.2, 0.25) is 0 Å². The minimum atomic E-state index is -4.67. The number of halogens is 4. The summed E-state index contributed by atoms with van der Waals surface area (Å²) in [5, 5.41) is 0. The molecule has 1 unspecified atom stereocenters. The lowest BCUT2D eigenvalue weighted by atomic mass is 10.0. The van der Waals surface area contributed by atoms with Crippen molar-refractivity contribution in [2.45, 2.75) is 19.2 Å². The minimum Gasteiger partial charge on any atom is -0.404 e. The first-order valence-electron chi connectivity index (χ1n) is 4.52. The van der Waals surface area contributed by atoms with E-state index in [1.165, 1.54) is 0 Å². The van der Waals surface area contributed by atoms with Gasteiger partial charge in [-0.05, 0) is 28.7 Å². The summed E-state index contributed by atoms with van der Waals surface area (Å²) in [4.78, 5) is 0. The van der Waals surface area contributed by atoms with E-state index in [0.717, 1.165) is 0 Å². The van der Waals surface area contributed by atoms with E-state index in [0.29, 0.717) is 9.13 Å². The topological polar surface area (TPSA) is 9.23 Å². The highest BCUT2D eigenvalue weighted by Gasteiger charge is 2.33. The van der Waals surface area contributed by atoms with Gasteiger partial charge in [0.25, 0.3) is 0 Å². The normalized spacial score (nSPS) is 13.3. The predicted octanol–water partition coefficient (Wildman–Crippen LogP) is 4.48. The zero-order valence-corrected chi connectivity index (χ0v) is 10.7. The maximum Gasteiger partial charge on any atom is 0.573 e. The molecule has 0 radical (unpaired) electrons. The van der Waals surface area contributed by atoms with Gasteiger partial charge in [-0.25, -0.2) is 0 Å². The first kappa shape index (κ1) is 13.3. The average molecular weight is 342 g/mol. The van der Waals surface area contributed by atoms with Gasteiger partial charge in [0.1, 0.15) is 5.75 Å². The van der Waals surface area contributed by atoms with Gasteiger partial charge in [-0.1, -0.05) is 25.1 Å². The van der Waals surface area contributed by atoms with Crippen LogP contribution in [0.5, 0.6) is 5.75 Å². The highest BCUT2D eigenvalue weighted by atomic mass is 127. The molecule has 0 amide bonds. The summed E-state index contributed by atoms with van der Waals surface area (Å²) in [7, 11) is 0. The number of rotatable bonds is 3. The highest BCUT2D eigenvalue weighted by Crippen LogP contribution is 2.35. The first-order valence-corrected chi connectivity index (χ1v) is 5.59. The van der Waals surface area contributed by atoms with E-state index in [4.69, 9.17) is 0 Å². The number of alkyl halides is 3. The SMILES string of the molecule is C=CC(C)c1cccc(I)c1OC(F)(F)F. The fourth-order valence-corrected chi connectivity index (χ4v) is 1.86. The van der Waals surface area contributed by atoms with Crippen LogP contribution >= 0.6 is 22.6 Å². The van der Waals surface area contributed by atoms with E-state index in [9.17, 15) is 13.2 Å². The number of ether oxygens (including phenoxy) is 1. The molecule has 1 rings (SSSR count). The van der Waals surface area contributed by atoms with Gasteiger partial charge in [-0.15, -0.1) is 19.8 Å². The van der Waals surface area contributed by atoms with E-state index < -0.39 is 6.36 Å². The van der Waals surface area contributed by atoms with Gasteiger partial charge in [-0.3, -0.25) is 0 Å². The van der Waals surface area contributed by atoms with Gasteiger partial charge in [0.2, 0.25) is 0 Å². The van der Waals surface area contributed by atoms with Crippen molar-refractivity contribution in [1.82, 2.24) is 0 Å². The van der Waals surface area contributed by atoms with Crippen LogP contribution in [0.15, 0.2) is 30.9 Å². The van der Waals surface area contributed by atoms with Crippen LogP contribution in [0.1, 0.15) is 18.4 Å². The van der Waals surface area contributed by atoms with E-state index in [1.54, 1.807) is 31.2 Å². The maximum atomic E-state index is 12.2. The van der Waals surface area contributed by atoms with Gasteiger partial charge >= 0.3 is 6.36 Å². The molecule has 16 heavy (non-hydrogen) atoms. The van der Waals surface area contributed by atoms with Gasteiger partial charge in [0.05, 0.1) is 3.57 Å². The van der Waals surface area contributed by atoms with Crippen molar-refractivity contribution >= 4 is 22.6 Å². The van der Waals surface area contributed by atoms with Gasteiger partial charge in [0.15, 0.2) is 0 Å². The Bertz CT molecular complexity index is 387. The Morgan fingerprint density at radius 2 is 2.06 bits per heavy atom. The highest BCUT2D eigenvalue weighted by molar-refractivity contribution is 14.1. The molecule has 0 N–H and O–H groups in total. The summed E-state index contributed by atoms with van der Waals surface area (Å²) in [6.45, 7) is 5.33. The molecule has 0 aromatic heterocycles. The Hall–Kier alpha value is -0.720. The molecule has 0 bridgehead atoms. The van der Waals surface area contributed by atoms with Gasteiger partial charge in [-0.2, -0.15) is 0 Å². The first-order chi connectivity index (χ1) is 7.35. The quantitative estimate of drug-likeness (QED) is 0.581. The van der Waals surface area contributed by atoms with Crippen molar-refractivity contribution in [3.8, 4) is 5.75 Å². The zero-order valence-electron chi connectivity index (χ0n) is 8.51. The molecule has 0 aliphatic carbocycles. The fourth-order valence-electron chi connectivity index (χ4n) is 1.23. The molecule has 1 aromatic rings. The van der Waals surface area contributed by atoms with E-state index in [2.05, 4.69) is 11.3 Å². The summed E-state index contributed by atoms with van der Waals surface area (Å²) in [5.74, 6) is -0.324. The number of allylic oxidation sites excluding steroid dienone is 1. The second-order valence-corrected chi connectivity index (χ2v) is 4.39. The monoisotopic (exact) mass is 342 g/mol. The van der Waals surface area contributed by atoms with Crippen molar-refractivity contribution in [3.63, 3.8) is 0 Å². The summed E-state index contributed by atoms with van der Waals surface area (Å²) in [6.07, 6.45) is -3.09. The standard InChI is InChI=1S/C11H10F3IO/c1-3-7(2)8-5-4-6-9(15)10(8)16-11(12,13)14/h3-7H,1H2,2H3. The Labute approximate surface area is 105 Å². The number of hydrogen-bond donors (Lipinski definition) is 0.